The average Bonchev–Trinajstić information content (AvgIpc) is 2.64. The predicted octanol–water partition coefficient (Wildman–Crippen LogP) is 2.43. The van der Waals surface area contributed by atoms with Crippen LogP contribution in [0.5, 0.6) is 5.75 Å². The molecular formula is C11H14ClNO. The molecule has 3 heteroatoms. The smallest absolute Gasteiger partial charge is 0.134 e. The Labute approximate surface area is 88.9 Å². The first-order valence-corrected chi connectivity index (χ1v) is 5.26. The standard InChI is InChI=1S/C11H14ClNO/c1-7-4-11(14)10(12)5-9(7)8-2-3-13-6-8/h4-5,8,13-14H,2-3,6H2,1H3. The van der Waals surface area contributed by atoms with Crippen LogP contribution in [0.4, 0.5) is 0 Å². The van der Waals surface area contributed by atoms with Crippen LogP contribution < -0.4 is 5.32 Å². The highest BCUT2D eigenvalue weighted by molar-refractivity contribution is 6.32. The van der Waals surface area contributed by atoms with Crippen molar-refractivity contribution in [3.8, 4) is 5.75 Å². The molecule has 1 aromatic carbocycles. The molecular weight excluding hydrogens is 198 g/mol. The molecule has 1 unspecified atom stereocenters. The van der Waals surface area contributed by atoms with Gasteiger partial charge >= 0.3 is 0 Å². The molecule has 0 amide bonds. The lowest BCUT2D eigenvalue weighted by molar-refractivity contribution is 0.474. The summed E-state index contributed by atoms with van der Waals surface area (Å²) in [5, 5.41) is 13.2. The number of nitrogens with one attached hydrogen (secondary N) is 1. The number of hydrogen-bond donors (Lipinski definition) is 2. The van der Waals surface area contributed by atoms with Gasteiger partial charge in [0.05, 0.1) is 5.02 Å². The summed E-state index contributed by atoms with van der Waals surface area (Å²) >= 11 is 5.89. The molecule has 2 rings (SSSR count). The summed E-state index contributed by atoms with van der Waals surface area (Å²) in [5.74, 6) is 0.729. The van der Waals surface area contributed by atoms with E-state index in [0.717, 1.165) is 25.1 Å². The van der Waals surface area contributed by atoms with Gasteiger partial charge in [-0.15, -0.1) is 0 Å². The van der Waals surface area contributed by atoms with E-state index in [4.69, 9.17) is 11.6 Å². The van der Waals surface area contributed by atoms with Crippen molar-refractivity contribution in [2.24, 2.45) is 0 Å². The molecule has 1 heterocycles. The van der Waals surface area contributed by atoms with Crippen LogP contribution in [0.15, 0.2) is 12.1 Å². The molecule has 0 saturated carbocycles. The normalized spacial score (nSPS) is 21.4. The minimum absolute atomic E-state index is 0.180. The van der Waals surface area contributed by atoms with Gasteiger partial charge < -0.3 is 10.4 Å². The van der Waals surface area contributed by atoms with Crippen LogP contribution in [0.3, 0.4) is 0 Å². The van der Waals surface area contributed by atoms with Crippen LogP contribution in [0.2, 0.25) is 5.02 Å². The van der Waals surface area contributed by atoms with Crippen LogP contribution in [-0.2, 0) is 0 Å². The van der Waals surface area contributed by atoms with Gasteiger partial charge in [0, 0.05) is 6.54 Å². The van der Waals surface area contributed by atoms with Gasteiger partial charge in [-0.25, -0.2) is 0 Å². The highest BCUT2D eigenvalue weighted by Crippen LogP contribution is 2.32. The van der Waals surface area contributed by atoms with E-state index in [2.05, 4.69) is 5.32 Å². The van der Waals surface area contributed by atoms with E-state index >= 15 is 0 Å². The van der Waals surface area contributed by atoms with Crippen LogP contribution in [-0.4, -0.2) is 18.2 Å². The second-order valence-electron chi connectivity index (χ2n) is 3.85. The first-order valence-electron chi connectivity index (χ1n) is 4.88. The number of halogens is 1. The summed E-state index contributed by atoms with van der Waals surface area (Å²) in [6.07, 6.45) is 1.15. The van der Waals surface area contributed by atoms with Crippen molar-refractivity contribution in [1.82, 2.24) is 5.32 Å². The SMILES string of the molecule is Cc1cc(O)c(Cl)cc1C1CCNC1. The quantitative estimate of drug-likeness (QED) is 0.748. The van der Waals surface area contributed by atoms with E-state index in [1.54, 1.807) is 6.07 Å². The molecule has 1 saturated heterocycles. The Bertz CT molecular complexity index is 345. The first kappa shape index (κ1) is 9.81. The zero-order chi connectivity index (χ0) is 10.1. The summed E-state index contributed by atoms with van der Waals surface area (Å²) in [7, 11) is 0. The fraction of sp³-hybridized carbons (Fsp3) is 0.455. The number of aryl methyl sites for hydroxylation is 1. The van der Waals surface area contributed by atoms with Crippen LogP contribution >= 0.6 is 11.6 Å². The zero-order valence-corrected chi connectivity index (χ0v) is 8.93. The predicted molar refractivity (Wildman–Crippen MR) is 58.1 cm³/mol. The van der Waals surface area contributed by atoms with Gasteiger partial charge in [-0.05, 0) is 49.1 Å². The lowest BCUT2D eigenvalue weighted by Gasteiger charge is -2.13. The number of rotatable bonds is 1. The van der Waals surface area contributed by atoms with Crippen molar-refractivity contribution < 1.29 is 5.11 Å². The Morgan fingerprint density at radius 1 is 1.50 bits per heavy atom. The molecule has 0 aliphatic carbocycles. The highest BCUT2D eigenvalue weighted by atomic mass is 35.5. The van der Waals surface area contributed by atoms with Crippen molar-refractivity contribution in [2.45, 2.75) is 19.3 Å². The minimum Gasteiger partial charge on any atom is -0.506 e. The molecule has 0 bridgehead atoms. The molecule has 1 aliphatic rings. The average molecular weight is 212 g/mol. The van der Waals surface area contributed by atoms with Crippen molar-refractivity contribution in [3.63, 3.8) is 0 Å². The summed E-state index contributed by atoms with van der Waals surface area (Å²) in [5.41, 5.74) is 2.39. The second kappa shape index (κ2) is 3.79. The topological polar surface area (TPSA) is 32.3 Å². The number of phenolic OH excluding ortho intramolecular Hbond substituents is 1. The van der Waals surface area contributed by atoms with E-state index in [1.165, 1.54) is 5.56 Å². The molecule has 0 aromatic heterocycles. The third-order valence-electron chi connectivity index (χ3n) is 2.84. The summed E-state index contributed by atoms with van der Waals surface area (Å²) in [6, 6.07) is 3.64. The van der Waals surface area contributed by atoms with Gasteiger partial charge in [-0.3, -0.25) is 0 Å². The summed E-state index contributed by atoms with van der Waals surface area (Å²) in [4.78, 5) is 0. The molecule has 1 aromatic rings. The molecule has 0 spiro atoms. The number of benzene rings is 1. The fourth-order valence-electron chi connectivity index (χ4n) is 2.04. The monoisotopic (exact) mass is 211 g/mol. The zero-order valence-electron chi connectivity index (χ0n) is 8.18. The highest BCUT2D eigenvalue weighted by Gasteiger charge is 2.19. The van der Waals surface area contributed by atoms with Gasteiger partial charge in [0.25, 0.3) is 0 Å². The third-order valence-corrected chi connectivity index (χ3v) is 3.14. The van der Waals surface area contributed by atoms with E-state index in [9.17, 15) is 5.11 Å². The lowest BCUT2D eigenvalue weighted by atomic mass is 9.94. The Morgan fingerprint density at radius 3 is 2.93 bits per heavy atom. The summed E-state index contributed by atoms with van der Waals surface area (Å²) in [6.45, 7) is 4.11. The fourth-order valence-corrected chi connectivity index (χ4v) is 2.21. The Morgan fingerprint density at radius 2 is 2.29 bits per heavy atom. The molecule has 1 fully saturated rings. The van der Waals surface area contributed by atoms with Crippen molar-refractivity contribution in [3.05, 3.63) is 28.3 Å². The molecule has 0 radical (unpaired) electrons. The summed E-state index contributed by atoms with van der Waals surface area (Å²) < 4.78 is 0. The van der Waals surface area contributed by atoms with Crippen LogP contribution in [0.25, 0.3) is 0 Å². The maximum Gasteiger partial charge on any atom is 0.134 e. The van der Waals surface area contributed by atoms with Gasteiger partial charge in [0.15, 0.2) is 0 Å². The van der Waals surface area contributed by atoms with Crippen molar-refractivity contribution in [1.29, 1.82) is 0 Å². The van der Waals surface area contributed by atoms with Crippen molar-refractivity contribution >= 4 is 11.6 Å². The molecule has 76 valence electrons. The van der Waals surface area contributed by atoms with Gasteiger partial charge in [0.2, 0.25) is 0 Å². The van der Waals surface area contributed by atoms with Crippen LogP contribution in [0.1, 0.15) is 23.5 Å². The van der Waals surface area contributed by atoms with Crippen LogP contribution in [0, 0.1) is 6.92 Å². The lowest BCUT2D eigenvalue weighted by Crippen LogP contribution is -2.08. The maximum atomic E-state index is 9.42. The molecule has 2 N–H and O–H groups in total. The third kappa shape index (κ3) is 1.72. The van der Waals surface area contributed by atoms with E-state index in [-0.39, 0.29) is 5.75 Å². The maximum absolute atomic E-state index is 9.42. The van der Waals surface area contributed by atoms with E-state index < -0.39 is 0 Å². The largest absolute Gasteiger partial charge is 0.506 e. The molecule has 14 heavy (non-hydrogen) atoms. The van der Waals surface area contributed by atoms with E-state index in [1.807, 2.05) is 13.0 Å². The van der Waals surface area contributed by atoms with Gasteiger partial charge in [0.1, 0.15) is 5.75 Å². The Kier molecular flexibility index (Phi) is 2.66. The Balaban J connectivity index is 2.37. The van der Waals surface area contributed by atoms with Crippen molar-refractivity contribution in [2.75, 3.05) is 13.1 Å². The Hall–Kier alpha value is -0.730. The molecule has 1 aliphatic heterocycles. The second-order valence-corrected chi connectivity index (χ2v) is 4.26. The minimum atomic E-state index is 0.180. The van der Waals surface area contributed by atoms with Gasteiger partial charge in [-0.2, -0.15) is 0 Å². The number of phenols is 1. The number of hydrogen-bond acceptors (Lipinski definition) is 2. The molecule has 2 nitrogen and oxygen atoms in total. The van der Waals surface area contributed by atoms with Gasteiger partial charge in [-0.1, -0.05) is 11.6 Å². The van der Waals surface area contributed by atoms with E-state index in [0.29, 0.717) is 10.9 Å². The first-order chi connectivity index (χ1) is 6.68. The number of aromatic hydroxyl groups is 1. The molecule has 1 atom stereocenters.